The van der Waals surface area contributed by atoms with Gasteiger partial charge in [0.25, 0.3) is 0 Å². The molecule has 0 spiro atoms. The van der Waals surface area contributed by atoms with E-state index in [0.717, 1.165) is 22.6 Å². The Morgan fingerprint density at radius 3 is 2.55 bits per heavy atom. The maximum absolute atomic E-state index is 5.80. The van der Waals surface area contributed by atoms with Crippen molar-refractivity contribution in [2.24, 2.45) is 5.73 Å². The van der Waals surface area contributed by atoms with E-state index in [0.29, 0.717) is 13.2 Å². The molecule has 0 atom stereocenters. The van der Waals surface area contributed by atoms with Crippen molar-refractivity contribution >= 4 is 6.08 Å². The highest BCUT2D eigenvalue weighted by Crippen LogP contribution is 2.29. The molecule has 0 amide bonds. The monoisotopic (exact) mass is 269 g/mol. The van der Waals surface area contributed by atoms with Crippen LogP contribution in [0.5, 0.6) is 11.5 Å². The Bertz CT molecular complexity index is 564. The summed E-state index contributed by atoms with van der Waals surface area (Å²) < 4.78 is 11.2. The third-order valence-corrected chi connectivity index (χ3v) is 2.87. The molecule has 0 aliphatic heterocycles. The molecule has 20 heavy (non-hydrogen) atoms. The summed E-state index contributed by atoms with van der Waals surface area (Å²) in [6, 6.07) is 15.9. The fourth-order valence-corrected chi connectivity index (χ4v) is 1.85. The fourth-order valence-electron chi connectivity index (χ4n) is 1.85. The lowest BCUT2D eigenvalue weighted by molar-refractivity contribution is 0.284. The normalized spacial score (nSPS) is 10.7. The summed E-state index contributed by atoms with van der Waals surface area (Å²) in [5, 5.41) is 0. The van der Waals surface area contributed by atoms with Gasteiger partial charge in [-0.2, -0.15) is 0 Å². The Labute approximate surface area is 119 Å². The molecular weight excluding hydrogens is 250 g/mol. The fraction of sp³-hybridized carbons (Fsp3) is 0.176. The molecule has 0 saturated carbocycles. The molecule has 2 aromatic carbocycles. The predicted molar refractivity (Wildman–Crippen MR) is 81.9 cm³/mol. The van der Waals surface area contributed by atoms with Crippen molar-refractivity contribution in [2.75, 3.05) is 13.7 Å². The highest BCUT2D eigenvalue weighted by Gasteiger charge is 2.05. The maximum atomic E-state index is 5.80. The van der Waals surface area contributed by atoms with Gasteiger partial charge in [-0.15, -0.1) is 0 Å². The molecule has 3 nitrogen and oxygen atoms in total. The molecule has 3 heteroatoms. The van der Waals surface area contributed by atoms with Crippen LogP contribution in [0, 0.1) is 0 Å². The zero-order valence-electron chi connectivity index (χ0n) is 11.6. The lowest BCUT2D eigenvalue weighted by Crippen LogP contribution is -1.98. The van der Waals surface area contributed by atoms with E-state index in [2.05, 4.69) is 0 Å². The minimum Gasteiger partial charge on any atom is -0.493 e. The van der Waals surface area contributed by atoms with Gasteiger partial charge >= 0.3 is 0 Å². The van der Waals surface area contributed by atoms with Gasteiger partial charge in [0, 0.05) is 6.54 Å². The van der Waals surface area contributed by atoms with Crippen molar-refractivity contribution in [3.63, 3.8) is 0 Å². The van der Waals surface area contributed by atoms with Gasteiger partial charge < -0.3 is 15.2 Å². The van der Waals surface area contributed by atoms with E-state index in [4.69, 9.17) is 15.2 Å². The van der Waals surface area contributed by atoms with Crippen molar-refractivity contribution in [2.45, 2.75) is 6.61 Å². The van der Waals surface area contributed by atoms with E-state index in [1.54, 1.807) is 7.11 Å². The number of methoxy groups -OCH3 is 1. The van der Waals surface area contributed by atoms with Crippen molar-refractivity contribution in [3.05, 3.63) is 65.7 Å². The first-order chi connectivity index (χ1) is 9.83. The van der Waals surface area contributed by atoms with Gasteiger partial charge in [0.05, 0.1) is 7.11 Å². The van der Waals surface area contributed by atoms with Crippen molar-refractivity contribution in [1.82, 2.24) is 0 Å². The van der Waals surface area contributed by atoms with E-state index in [1.807, 2.05) is 60.7 Å². The summed E-state index contributed by atoms with van der Waals surface area (Å²) in [5.41, 5.74) is 7.61. The molecule has 0 bridgehead atoms. The zero-order chi connectivity index (χ0) is 14.2. The lowest BCUT2D eigenvalue weighted by atomic mass is 10.2. The summed E-state index contributed by atoms with van der Waals surface area (Å²) in [4.78, 5) is 0. The van der Waals surface area contributed by atoms with Crippen LogP contribution in [0.25, 0.3) is 6.08 Å². The predicted octanol–water partition coefficient (Wildman–Crippen LogP) is 3.25. The third kappa shape index (κ3) is 3.87. The maximum Gasteiger partial charge on any atom is 0.161 e. The van der Waals surface area contributed by atoms with Crippen LogP contribution < -0.4 is 15.2 Å². The first-order valence-corrected chi connectivity index (χ1v) is 6.55. The Morgan fingerprint density at radius 1 is 1.05 bits per heavy atom. The molecule has 0 radical (unpaired) electrons. The highest BCUT2D eigenvalue weighted by molar-refractivity contribution is 5.56. The average molecular weight is 269 g/mol. The van der Waals surface area contributed by atoms with Gasteiger partial charge in [-0.3, -0.25) is 0 Å². The van der Waals surface area contributed by atoms with Crippen LogP contribution in [0.3, 0.4) is 0 Å². The van der Waals surface area contributed by atoms with E-state index >= 15 is 0 Å². The molecule has 104 valence electrons. The number of ether oxygens (including phenoxy) is 2. The average Bonchev–Trinajstić information content (AvgIpc) is 2.52. The molecule has 2 rings (SSSR count). The quantitative estimate of drug-likeness (QED) is 0.875. The first-order valence-electron chi connectivity index (χ1n) is 6.55. The molecule has 0 heterocycles. The Balaban J connectivity index is 2.09. The number of nitrogens with two attached hydrogens (primary N) is 1. The summed E-state index contributed by atoms with van der Waals surface area (Å²) in [5.74, 6) is 1.46. The summed E-state index contributed by atoms with van der Waals surface area (Å²) >= 11 is 0. The Kier molecular flexibility index (Phi) is 5.21. The van der Waals surface area contributed by atoms with Gasteiger partial charge in [0.15, 0.2) is 11.5 Å². The van der Waals surface area contributed by atoms with E-state index in [1.165, 1.54) is 0 Å². The second-order valence-electron chi connectivity index (χ2n) is 4.32. The second-order valence-corrected chi connectivity index (χ2v) is 4.32. The number of rotatable bonds is 6. The third-order valence-electron chi connectivity index (χ3n) is 2.87. The standard InChI is InChI=1S/C17H19NO2/c1-19-17-12-14(8-5-11-18)9-10-16(17)20-13-15-6-3-2-4-7-15/h2-10,12H,11,13,18H2,1H3/b8-5+. The van der Waals surface area contributed by atoms with Gasteiger partial charge in [0.1, 0.15) is 6.61 Å². The molecule has 2 aromatic rings. The van der Waals surface area contributed by atoms with Crippen LogP contribution in [0.2, 0.25) is 0 Å². The van der Waals surface area contributed by atoms with Crippen LogP contribution in [0.15, 0.2) is 54.6 Å². The summed E-state index contributed by atoms with van der Waals surface area (Å²) in [7, 11) is 1.64. The minimum absolute atomic E-state index is 0.522. The molecule has 0 saturated heterocycles. The Hall–Kier alpha value is -2.26. The number of benzene rings is 2. The number of hydrogen-bond acceptors (Lipinski definition) is 3. The summed E-state index contributed by atoms with van der Waals surface area (Å²) in [6.07, 6.45) is 3.86. The van der Waals surface area contributed by atoms with E-state index in [-0.39, 0.29) is 0 Å². The summed E-state index contributed by atoms with van der Waals surface area (Å²) in [6.45, 7) is 1.05. The molecular formula is C17H19NO2. The van der Waals surface area contributed by atoms with Gasteiger partial charge in [0.2, 0.25) is 0 Å². The van der Waals surface area contributed by atoms with Crippen LogP contribution in [0.4, 0.5) is 0 Å². The van der Waals surface area contributed by atoms with Crippen LogP contribution in [-0.2, 0) is 6.61 Å². The molecule has 2 N–H and O–H groups in total. The van der Waals surface area contributed by atoms with E-state index in [9.17, 15) is 0 Å². The molecule has 0 aliphatic carbocycles. The zero-order valence-corrected chi connectivity index (χ0v) is 11.6. The topological polar surface area (TPSA) is 44.5 Å². The second kappa shape index (κ2) is 7.36. The van der Waals surface area contributed by atoms with Crippen molar-refractivity contribution < 1.29 is 9.47 Å². The van der Waals surface area contributed by atoms with Gasteiger partial charge in [-0.05, 0) is 23.3 Å². The molecule has 0 aromatic heterocycles. The first kappa shape index (κ1) is 14.2. The largest absolute Gasteiger partial charge is 0.493 e. The number of hydrogen-bond donors (Lipinski definition) is 1. The highest BCUT2D eigenvalue weighted by atomic mass is 16.5. The van der Waals surface area contributed by atoms with Gasteiger partial charge in [-0.25, -0.2) is 0 Å². The van der Waals surface area contributed by atoms with Gasteiger partial charge in [-0.1, -0.05) is 48.6 Å². The van der Waals surface area contributed by atoms with Crippen molar-refractivity contribution in [3.8, 4) is 11.5 Å². The molecule has 0 aliphatic rings. The molecule has 0 fully saturated rings. The SMILES string of the molecule is COc1cc(/C=C/CN)ccc1OCc1ccccc1. The van der Waals surface area contributed by atoms with Crippen LogP contribution in [-0.4, -0.2) is 13.7 Å². The smallest absolute Gasteiger partial charge is 0.161 e. The van der Waals surface area contributed by atoms with Crippen LogP contribution in [0.1, 0.15) is 11.1 Å². The van der Waals surface area contributed by atoms with Crippen molar-refractivity contribution in [1.29, 1.82) is 0 Å². The molecule has 0 unspecified atom stereocenters. The Morgan fingerprint density at radius 2 is 1.85 bits per heavy atom. The lowest BCUT2D eigenvalue weighted by Gasteiger charge is -2.11. The van der Waals surface area contributed by atoms with Crippen LogP contribution >= 0.6 is 0 Å². The minimum atomic E-state index is 0.522. The van der Waals surface area contributed by atoms with E-state index < -0.39 is 0 Å².